The van der Waals surface area contributed by atoms with Gasteiger partial charge in [0.1, 0.15) is 4.90 Å². The lowest BCUT2D eigenvalue weighted by atomic mass is 9.96. The van der Waals surface area contributed by atoms with Crippen molar-refractivity contribution in [2.75, 3.05) is 45.1 Å². The lowest BCUT2D eigenvalue weighted by Crippen LogP contribution is -2.40. The third-order valence-corrected chi connectivity index (χ3v) is 8.26. The number of hydrogen-bond donors (Lipinski definition) is 1. The Morgan fingerprint density at radius 1 is 1.07 bits per heavy atom. The molecule has 1 aliphatic heterocycles. The largest absolute Gasteiger partial charge is 0.323 e. The Hall–Kier alpha value is -1.64. The number of carbonyl (C=O) groups is 1. The molecule has 1 saturated heterocycles. The number of nitrogens with zero attached hydrogens (tertiary/aromatic N) is 3. The second-order valence-corrected chi connectivity index (χ2v) is 10.4. The van der Waals surface area contributed by atoms with Gasteiger partial charge in [-0.15, -0.1) is 0 Å². The quantitative estimate of drug-likeness (QED) is 0.740. The molecule has 30 heavy (non-hydrogen) atoms. The van der Waals surface area contributed by atoms with Crippen LogP contribution in [0.5, 0.6) is 0 Å². The zero-order valence-corrected chi connectivity index (χ0v) is 19.2. The first-order valence-corrected chi connectivity index (χ1v) is 12.7. The van der Waals surface area contributed by atoms with E-state index in [0.717, 1.165) is 58.2 Å². The Kier molecular flexibility index (Phi) is 8.13. The van der Waals surface area contributed by atoms with Crippen molar-refractivity contribution in [2.45, 2.75) is 62.8 Å². The molecule has 0 spiro atoms. The monoisotopic (exact) mass is 436 g/mol. The maximum absolute atomic E-state index is 13.3. The van der Waals surface area contributed by atoms with Crippen molar-refractivity contribution in [1.29, 1.82) is 0 Å². The van der Waals surface area contributed by atoms with Crippen LogP contribution in [-0.2, 0) is 10.0 Å². The number of hydrogen-bond acceptors (Lipinski definition) is 4. The van der Waals surface area contributed by atoms with E-state index in [1.807, 2.05) is 0 Å². The first kappa shape index (κ1) is 23.0. The van der Waals surface area contributed by atoms with Gasteiger partial charge < -0.3 is 15.1 Å². The zero-order chi connectivity index (χ0) is 21.6. The normalized spacial score (nSPS) is 19.6. The van der Waals surface area contributed by atoms with Crippen LogP contribution < -0.4 is 5.32 Å². The number of sulfonamides is 1. The minimum Gasteiger partial charge on any atom is -0.323 e. The summed E-state index contributed by atoms with van der Waals surface area (Å²) in [6.45, 7) is 6.40. The lowest BCUT2D eigenvalue weighted by molar-refractivity contribution is 0.211. The molecule has 0 radical (unpaired) electrons. The van der Waals surface area contributed by atoms with Crippen LogP contribution in [0.15, 0.2) is 29.2 Å². The molecule has 1 aromatic rings. The van der Waals surface area contributed by atoms with Crippen LogP contribution in [-0.4, -0.2) is 74.4 Å². The van der Waals surface area contributed by atoms with Gasteiger partial charge in [0.15, 0.2) is 0 Å². The van der Waals surface area contributed by atoms with Crippen molar-refractivity contribution in [3.63, 3.8) is 0 Å². The highest BCUT2D eigenvalue weighted by Gasteiger charge is 2.31. The van der Waals surface area contributed by atoms with E-state index in [1.54, 1.807) is 36.2 Å². The third-order valence-electron chi connectivity index (χ3n) is 6.29. The van der Waals surface area contributed by atoms with E-state index < -0.39 is 10.0 Å². The summed E-state index contributed by atoms with van der Waals surface area (Å²) in [5, 5.41) is 2.88. The number of carbonyl (C=O) groups excluding carboxylic acids is 1. The fourth-order valence-corrected chi connectivity index (χ4v) is 6.06. The topological polar surface area (TPSA) is 73.0 Å². The Bertz CT molecular complexity index is 808. The van der Waals surface area contributed by atoms with Gasteiger partial charge in [0, 0.05) is 32.7 Å². The molecule has 0 atom stereocenters. The summed E-state index contributed by atoms with van der Waals surface area (Å²) in [5.41, 5.74) is 0.361. The van der Waals surface area contributed by atoms with Crippen molar-refractivity contribution in [3.8, 4) is 0 Å². The standard InChI is InChI=1S/C22H36N4O3S/c1-3-14-25-15-9-16-26(18-17-25)22(27)23-20-12-7-8-13-21(20)30(28,29)24(2)19-10-5-4-6-11-19/h7-8,12-13,19H,3-6,9-11,14-18H2,1-2H3,(H,23,27). The number of nitrogens with one attached hydrogen (secondary N) is 1. The van der Waals surface area contributed by atoms with Crippen LogP contribution >= 0.6 is 0 Å². The molecule has 1 heterocycles. The fraction of sp³-hybridized carbons (Fsp3) is 0.682. The summed E-state index contributed by atoms with van der Waals surface area (Å²) >= 11 is 0. The highest BCUT2D eigenvalue weighted by Crippen LogP contribution is 2.30. The van der Waals surface area contributed by atoms with Gasteiger partial charge in [-0.1, -0.05) is 38.3 Å². The van der Waals surface area contributed by atoms with Crippen molar-refractivity contribution in [1.82, 2.24) is 14.1 Å². The molecule has 2 fully saturated rings. The summed E-state index contributed by atoms with van der Waals surface area (Å²) in [6.07, 6.45) is 7.12. The number of benzene rings is 1. The van der Waals surface area contributed by atoms with Crippen molar-refractivity contribution < 1.29 is 13.2 Å². The van der Waals surface area contributed by atoms with Gasteiger partial charge in [0.05, 0.1) is 5.69 Å². The highest BCUT2D eigenvalue weighted by atomic mass is 32.2. The SMILES string of the molecule is CCCN1CCCN(C(=O)Nc2ccccc2S(=O)(=O)N(C)C2CCCCC2)CC1. The molecule has 1 N–H and O–H groups in total. The van der Waals surface area contributed by atoms with Crippen LogP contribution in [0.3, 0.4) is 0 Å². The van der Waals surface area contributed by atoms with Gasteiger partial charge in [-0.3, -0.25) is 0 Å². The number of anilines is 1. The molecule has 0 aromatic heterocycles. The average Bonchev–Trinajstić information content (AvgIpc) is 3.00. The van der Waals surface area contributed by atoms with Gasteiger partial charge in [-0.05, 0) is 50.9 Å². The molecule has 2 amide bonds. The van der Waals surface area contributed by atoms with Crippen molar-refractivity contribution >= 4 is 21.7 Å². The molecule has 8 heteroatoms. The second kappa shape index (κ2) is 10.6. The van der Waals surface area contributed by atoms with E-state index >= 15 is 0 Å². The zero-order valence-electron chi connectivity index (χ0n) is 18.3. The Morgan fingerprint density at radius 2 is 1.80 bits per heavy atom. The first-order chi connectivity index (χ1) is 14.4. The Morgan fingerprint density at radius 3 is 2.53 bits per heavy atom. The summed E-state index contributed by atoms with van der Waals surface area (Å²) in [5.74, 6) is 0. The predicted molar refractivity (Wildman–Crippen MR) is 120 cm³/mol. The van der Waals surface area contributed by atoms with Crippen LogP contribution in [0.4, 0.5) is 10.5 Å². The Balaban J connectivity index is 1.72. The molecule has 0 bridgehead atoms. The van der Waals surface area contributed by atoms with Gasteiger partial charge in [0.25, 0.3) is 0 Å². The number of amides is 2. The smallest absolute Gasteiger partial charge is 0.321 e. The Labute approximate surface area is 181 Å². The summed E-state index contributed by atoms with van der Waals surface area (Å²) in [7, 11) is -2.01. The molecule has 7 nitrogen and oxygen atoms in total. The molecule has 0 unspecified atom stereocenters. The van der Waals surface area contributed by atoms with Gasteiger partial charge in [0.2, 0.25) is 10.0 Å². The number of para-hydroxylation sites is 1. The van der Waals surface area contributed by atoms with E-state index in [0.29, 0.717) is 18.8 Å². The van der Waals surface area contributed by atoms with Crippen molar-refractivity contribution in [3.05, 3.63) is 24.3 Å². The summed E-state index contributed by atoms with van der Waals surface area (Å²) in [6, 6.07) is 6.56. The summed E-state index contributed by atoms with van der Waals surface area (Å²) in [4.78, 5) is 17.3. The number of urea groups is 1. The molecule has 1 aliphatic carbocycles. The van der Waals surface area contributed by atoms with Crippen molar-refractivity contribution in [2.24, 2.45) is 0 Å². The number of rotatable bonds is 6. The molecule has 168 valence electrons. The minimum absolute atomic E-state index is 0.0302. The predicted octanol–water partition coefficient (Wildman–Crippen LogP) is 3.59. The van der Waals surface area contributed by atoms with E-state index in [1.165, 1.54) is 10.7 Å². The average molecular weight is 437 g/mol. The molecule has 1 aromatic carbocycles. The highest BCUT2D eigenvalue weighted by molar-refractivity contribution is 7.89. The van der Waals surface area contributed by atoms with Gasteiger partial charge >= 0.3 is 6.03 Å². The van der Waals surface area contributed by atoms with E-state index in [9.17, 15) is 13.2 Å². The lowest BCUT2D eigenvalue weighted by Gasteiger charge is -2.31. The molecular formula is C22H36N4O3S. The summed E-state index contributed by atoms with van der Waals surface area (Å²) < 4.78 is 28.2. The van der Waals surface area contributed by atoms with Crippen LogP contribution in [0, 0.1) is 0 Å². The minimum atomic E-state index is -3.68. The van der Waals surface area contributed by atoms with Crippen LogP contribution in [0.25, 0.3) is 0 Å². The van der Waals surface area contributed by atoms with E-state index in [2.05, 4.69) is 17.1 Å². The van der Waals surface area contributed by atoms with Crippen LogP contribution in [0.2, 0.25) is 0 Å². The molecular weight excluding hydrogens is 400 g/mol. The fourth-order valence-electron chi connectivity index (χ4n) is 4.50. The molecule has 3 rings (SSSR count). The second-order valence-electron chi connectivity index (χ2n) is 8.42. The first-order valence-electron chi connectivity index (χ1n) is 11.3. The maximum atomic E-state index is 13.3. The van der Waals surface area contributed by atoms with E-state index in [-0.39, 0.29) is 17.0 Å². The van der Waals surface area contributed by atoms with E-state index in [4.69, 9.17) is 0 Å². The van der Waals surface area contributed by atoms with Crippen LogP contribution in [0.1, 0.15) is 51.9 Å². The maximum Gasteiger partial charge on any atom is 0.321 e. The van der Waals surface area contributed by atoms with Gasteiger partial charge in [-0.25, -0.2) is 13.2 Å². The van der Waals surface area contributed by atoms with Gasteiger partial charge in [-0.2, -0.15) is 4.31 Å². The molecule has 2 aliphatic rings. The third kappa shape index (κ3) is 5.53. The molecule has 1 saturated carbocycles.